The fourth-order valence-electron chi connectivity index (χ4n) is 3.80. The van der Waals surface area contributed by atoms with Crippen LogP contribution in [-0.4, -0.2) is 39.7 Å². The molecule has 38 heavy (non-hydrogen) atoms. The van der Waals surface area contributed by atoms with E-state index in [1.54, 1.807) is 0 Å². The number of aliphatic carboxylic acids is 1. The topological polar surface area (TPSA) is 135 Å². The van der Waals surface area contributed by atoms with E-state index < -0.39 is 72.6 Å². The highest BCUT2D eigenvalue weighted by atomic mass is 35.5. The van der Waals surface area contributed by atoms with Gasteiger partial charge >= 0.3 is 5.97 Å². The summed E-state index contributed by atoms with van der Waals surface area (Å²) < 4.78 is 96.6. The molecule has 0 saturated carbocycles. The summed E-state index contributed by atoms with van der Waals surface area (Å²) in [6.45, 7) is 1.28. The van der Waals surface area contributed by atoms with Crippen molar-refractivity contribution in [3.63, 3.8) is 0 Å². The molecule has 0 saturated heterocycles. The molecule has 3 rings (SSSR count). The average molecular weight is 591 g/mol. The summed E-state index contributed by atoms with van der Waals surface area (Å²) in [5, 5.41) is 9.18. The maximum atomic E-state index is 14.9. The molecule has 0 aliphatic carbocycles. The lowest BCUT2D eigenvalue weighted by Gasteiger charge is -2.32. The molecule has 0 aliphatic heterocycles. The quantitative estimate of drug-likeness (QED) is 0.364. The largest absolute Gasteiger partial charge is 0.480 e. The van der Waals surface area contributed by atoms with E-state index in [-0.39, 0.29) is 21.0 Å². The van der Waals surface area contributed by atoms with Gasteiger partial charge in [0.25, 0.3) is 10.0 Å². The molecule has 204 valence electrons. The van der Waals surface area contributed by atoms with Crippen LogP contribution in [0, 0.1) is 17.5 Å². The maximum absolute atomic E-state index is 14.9. The Morgan fingerprint density at radius 1 is 0.974 bits per heavy atom. The van der Waals surface area contributed by atoms with Gasteiger partial charge in [-0.25, -0.2) is 30.0 Å². The highest BCUT2D eigenvalue weighted by Crippen LogP contribution is 2.37. The summed E-state index contributed by atoms with van der Waals surface area (Å²) >= 11 is 5.86. The van der Waals surface area contributed by atoms with Crippen LogP contribution in [-0.2, 0) is 30.4 Å². The van der Waals surface area contributed by atoms with Crippen molar-refractivity contribution in [3.05, 3.63) is 94.3 Å². The molecule has 0 unspecified atom stereocenters. The molecule has 0 bridgehead atoms. The SMILES string of the molecule is C[C@H](c1ccc(F)cc1CS(=O)(=O)C[C@H](N)C(=O)O)N(c1cc(F)ccc1F)S(=O)(=O)c1ccc(Cl)cc1. The summed E-state index contributed by atoms with van der Waals surface area (Å²) in [6.07, 6.45) is 0. The second kappa shape index (κ2) is 11.3. The second-order valence-corrected chi connectivity index (χ2v) is 12.7. The number of carboxylic acids is 1. The third kappa shape index (κ3) is 6.65. The molecule has 0 heterocycles. The van der Waals surface area contributed by atoms with Gasteiger partial charge in [-0.3, -0.25) is 9.10 Å². The lowest BCUT2D eigenvalue weighted by atomic mass is 10.0. The maximum Gasteiger partial charge on any atom is 0.321 e. The van der Waals surface area contributed by atoms with Crippen molar-refractivity contribution in [3.8, 4) is 0 Å². The predicted molar refractivity (Wildman–Crippen MR) is 135 cm³/mol. The van der Waals surface area contributed by atoms with Crippen LogP contribution in [0.2, 0.25) is 5.02 Å². The number of carbonyl (C=O) groups is 1. The van der Waals surface area contributed by atoms with E-state index in [0.717, 1.165) is 42.5 Å². The first-order valence-electron chi connectivity index (χ1n) is 10.8. The predicted octanol–water partition coefficient (Wildman–Crippen LogP) is 4.04. The molecule has 0 fully saturated rings. The molecule has 8 nitrogen and oxygen atoms in total. The Morgan fingerprint density at radius 3 is 2.16 bits per heavy atom. The number of sulfonamides is 1. The Kier molecular flexibility index (Phi) is 8.76. The van der Waals surface area contributed by atoms with Crippen LogP contribution in [0.4, 0.5) is 18.9 Å². The van der Waals surface area contributed by atoms with Gasteiger partial charge in [-0.05, 0) is 66.6 Å². The third-order valence-corrected chi connectivity index (χ3v) is 9.32. The third-order valence-electron chi connectivity index (χ3n) is 5.55. The Morgan fingerprint density at radius 2 is 1.55 bits per heavy atom. The minimum atomic E-state index is -4.63. The van der Waals surface area contributed by atoms with Gasteiger partial charge in [0.05, 0.1) is 28.1 Å². The van der Waals surface area contributed by atoms with Crippen molar-refractivity contribution in [2.24, 2.45) is 5.73 Å². The van der Waals surface area contributed by atoms with Gasteiger partial charge in [-0.1, -0.05) is 17.7 Å². The number of halogens is 4. The average Bonchev–Trinajstić information content (AvgIpc) is 2.81. The molecular weight excluding hydrogens is 569 g/mol. The van der Waals surface area contributed by atoms with E-state index in [1.165, 1.54) is 19.1 Å². The summed E-state index contributed by atoms with van der Waals surface area (Å²) in [5.41, 5.74) is 4.39. The highest BCUT2D eigenvalue weighted by Gasteiger charge is 2.34. The van der Waals surface area contributed by atoms with Crippen molar-refractivity contribution in [1.29, 1.82) is 0 Å². The smallest absolute Gasteiger partial charge is 0.321 e. The van der Waals surface area contributed by atoms with Crippen LogP contribution < -0.4 is 10.0 Å². The van der Waals surface area contributed by atoms with E-state index >= 15 is 0 Å². The normalized spacial score (nSPS) is 13.6. The van der Waals surface area contributed by atoms with Gasteiger partial charge in [-0.15, -0.1) is 0 Å². The number of sulfone groups is 1. The van der Waals surface area contributed by atoms with Gasteiger partial charge < -0.3 is 10.8 Å². The Labute approximate surface area is 222 Å². The number of hydrogen-bond donors (Lipinski definition) is 2. The van der Waals surface area contributed by atoms with Crippen LogP contribution in [0.15, 0.2) is 65.6 Å². The van der Waals surface area contributed by atoms with Crippen LogP contribution in [0.25, 0.3) is 0 Å². The molecule has 3 aromatic rings. The zero-order valence-corrected chi connectivity index (χ0v) is 22.1. The first-order valence-corrected chi connectivity index (χ1v) is 14.5. The standard InChI is InChI=1S/C24H22ClF3N2O6S2/c1-14(20-8-4-17(26)10-15(20)12-37(33,34)13-22(29)24(31)32)30(23-11-18(27)5-9-21(23)28)38(35,36)19-6-2-16(25)3-7-19/h2-11,14,22H,12-13,29H2,1H3,(H,31,32)/t14-,22+/m1/s1. The molecule has 0 amide bonds. The monoisotopic (exact) mass is 590 g/mol. The van der Waals surface area contributed by atoms with Crippen LogP contribution in [0.5, 0.6) is 0 Å². The van der Waals surface area contributed by atoms with Gasteiger partial charge in [-0.2, -0.15) is 0 Å². The zero-order chi connectivity index (χ0) is 28.4. The highest BCUT2D eigenvalue weighted by molar-refractivity contribution is 7.92. The number of benzene rings is 3. The van der Waals surface area contributed by atoms with E-state index in [4.69, 9.17) is 22.4 Å². The van der Waals surface area contributed by atoms with Crippen molar-refractivity contribution < 1.29 is 39.9 Å². The minimum absolute atomic E-state index is 0.0555. The molecular formula is C24H22ClF3N2O6S2. The lowest BCUT2D eigenvalue weighted by Crippen LogP contribution is -2.38. The van der Waals surface area contributed by atoms with E-state index in [0.29, 0.717) is 10.4 Å². The van der Waals surface area contributed by atoms with E-state index in [1.807, 2.05) is 0 Å². The van der Waals surface area contributed by atoms with Crippen LogP contribution >= 0.6 is 11.6 Å². The van der Waals surface area contributed by atoms with Crippen molar-refractivity contribution >= 4 is 43.1 Å². The van der Waals surface area contributed by atoms with Gasteiger partial charge in [0.2, 0.25) is 0 Å². The molecule has 2 atom stereocenters. The number of nitrogens with zero attached hydrogens (tertiary/aromatic N) is 1. The number of nitrogens with two attached hydrogens (primary N) is 1. The summed E-state index contributed by atoms with van der Waals surface area (Å²) in [6, 6.07) is 6.78. The molecule has 0 spiro atoms. The molecule has 14 heteroatoms. The molecule has 0 aromatic heterocycles. The Hall–Kier alpha value is -3.13. The van der Waals surface area contributed by atoms with Gasteiger partial charge in [0, 0.05) is 11.1 Å². The second-order valence-electron chi connectivity index (χ2n) is 8.37. The first kappa shape index (κ1) is 29.4. The fraction of sp³-hybridized carbons (Fsp3) is 0.208. The van der Waals surface area contributed by atoms with Crippen LogP contribution in [0.1, 0.15) is 24.1 Å². The number of rotatable bonds is 10. The summed E-state index contributed by atoms with van der Waals surface area (Å²) in [4.78, 5) is 10.7. The summed E-state index contributed by atoms with van der Waals surface area (Å²) in [7, 11) is -8.87. The van der Waals surface area contributed by atoms with Gasteiger partial charge in [0.15, 0.2) is 9.84 Å². The van der Waals surface area contributed by atoms with Gasteiger partial charge in [0.1, 0.15) is 23.5 Å². The summed E-state index contributed by atoms with van der Waals surface area (Å²) in [5.74, 6) is -6.35. The fourth-order valence-corrected chi connectivity index (χ4v) is 7.09. The molecule has 3 N–H and O–H groups in total. The number of hydrogen-bond acceptors (Lipinski definition) is 6. The number of anilines is 1. The lowest BCUT2D eigenvalue weighted by molar-refractivity contribution is -0.137. The Balaban J connectivity index is 2.19. The van der Waals surface area contributed by atoms with E-state index in [9.17, 15) is 34.8 Å². The van der Waals surface area contributed by atoms with Crippen molar-refractivity contribution in [2.75, 3.05) is 10.1 Å². The Bertz CT molecular complexity index is 1570. The molecule has 0 aliphatic rings. The number of carboxylic acid groups (broad SMARTS) is 1. The van der Waals surface area contributed by atoms with Crippen LogP contribution in [0.3, 0.4) is 0 Å². The minimum Gasteiger partial charge on any atom is -0.480 e. The van der Waals surface area contributed by atoms with Crippen molar-refractivity contribution in [1.82, 2.24) is 0 Å². The molecule has 0 radical (unpaired) electrons. The van der Waals surface area contributed by atoms with E-state index in [2.05, 4.69) is 0 Å². The first-order chi connectivity index (χ1) is 17.6. The molecule has 3 aromatic carbocycles. The van der Waals surface area contributed by atoms with Crippen molar-refractivity contribution in [2.45, 2.75) is 29.7 Å². The zero-order valence-electron chi connectivity index (χ0n) is 19.7.